The summed E-state index contributed by atoms with van der Waals surface area (Å²) in [6.45, 7) is 0. The number of rotatable bonds is 5. The molecule has 5 aromatic rings. The molecule has 166 valence electrons. The van der Waals surface area contributed by atoms with Crippen LogP contribution in [0, 0.1) is 22.7 Å². The standard InChI is InChI=1S/C29H18N4S2/c30-19-22(20-31)29-32-28(21-10-4-1-5-11-21)26(35-29)18-25-16-17-27(34-25)33(23-12-6-2-7-13-23)24-14-8-3-9-15-24/h1-18H/b26-18-. The fraction of sp³-hybridized carbons (Fsp3) is 0. The second-order valence-corrected chi connectivity index (χ2v) is 9.65. The van der Waals surface area contributed by atoms with Gasteiger partial charge in [-0.25, -0.2) is 4.98 Å². The summed E-state index contributed by atoms with van der Waals surface area (Å²) >= 11 is 3.03. The number of hydrogen-bond acceptors (Lipinski definition) is 6. The number of para-hydroxylation sites is 2. The highest BCUT2D eigenvalue weighted by Gasteiger charge is 2.14. The summed E-state index contributed by atoms with van der Waals surface area (Å²) in [6.07, 6.45) is 2.08. The Labute approximate surface area is 211 Å². The van der Waals surface area contributed by atoms with Crippen molar-refractivity contribution in [2.75, 3.05) is 4.90 Å². The molecular weight excluding hydrogens is 468 g/mol. The number of nitriles is 2. The number of benzene rings is 3. The minimum Gasteiger partial charge on any atom is -0.302 e. The number of thiophene rings is 1. The molecule has 0 aliphatic carbocycles. The van der Waals surface area contributed by atoms with Gasteiger partial charge in [-0.05, 0) is 42.5 Å². The van der Waals surface area contributed by atoms with Crippen molar-refractivity contribution in [3.05, 3.63) is 117 Å². The summed E-state index contributed by atoms with van der Waals surface area (Å²) in [4.78, 5) is 7.94. The quantitative estimate of drug-likeness (QED) is 0.290. The normalized spacial score (nSPS) is 11.0. The maximum atomic E-state index is 9.36. The molecule has 0 atom stereocenters. The molecule has 3 aromatic carbocycles. The van der Waals surface area contributed by atoms with E-state index < -0.39 is 0 Å². The Bertz CT molecular complexity index is 1600. The molecule has 35 heavy (non-hydrogen) atoms. The topological polar surface area (TPSA) is 63.7 Å². The third-order valence-corrected chi connectivity index (χ3v) is 7.31. The Morgan fingerprint density at radius 3 is 1.86 bits per heavy atom. The zero-order chi connectivity index (χ0) is 24.0. The van der Waals surface area contributed by atoms with Crippen molar-refractivity contribution in [2.45, 2.75) is 0 Å². The van der Waals surface area contributed by atoms with Gasteiger partial charge in [0.05, 0.1) is 10.2 Å². The molecule has 0 saturated heterocycles. The molecule has 4 nitrogen and oxygen atoms in total. The van der Waals surface area contributed by atoms with E-state index in [9.17, 15) is 10.5 Å². The van der Waals surface area contributed by atoms with Gasteiger partial charge in [0.2, 0.25) is 0 Å². The predicted octanol–water partition coefficient (Wildman–Crippen LogP) is 6.37. The van der Waals surface area contributed by atoms with Gasteiger partial charge in [0.1, 0.15) is 21.8 Å². The van der Waals surface area contributed by atoms with E-state index >= 15 is 0 Å². The van der Waals surface area contributed by atoms with Gasteiger partial charge >= 0.3 is 0 Å². The summed E-state index contributed by atoms with van der Waals surface area (Å²) in [6, 6.07) is 38.5. The first kappa shape index (κ1) is 22.3. The van der Waals surface area contributed by atoms with E-state index in [1.807, 2.05) is 78.9 Å². The SMILES string of the molecule is N#CC(C#N)=c1nc(-c2ccccc2)/c(=C/c2ccc(N(c3ccccc3)c3ccccc3)s2)s1. The Balaban J connectivity index is 1.64. The van der Waals surface area contributed by atoms with Crippen molar-refractivity contribution in [1.29, 1.82) is 10.5 Å². The van der Waals surface area contributed by atoms with E-state index in [0.717, 1.165) is 37.0 Å². The van der Waals surface area contributed by atoms with Crippen LogP contribution in [0.15, 0.2) is 103 Å². The summed E-state index contributed by atoms with van der Waals surface area (Å²) in [5.74, 6) is 0. The largest absolute Gasteiger partial charge is 0.302 e. The zero-order valence-corrected chi connectivity index (χ0v) is 20.1. The molecule has 0 bridgehead atoms. The van der Waals surface area contributed by atoms with Crippen molar-refractivity contribution < 1.29 is 0 Å². The summed E-state index contributed by atoms with van der Waals surface area (Å²) in [5, 5.41) is 19.8. The number of aromatic nitrogens is 1. The van der Waals surface area contributed by atoms with Crippen LogP contribution in [0.2, 0.25) is 0 Å². The molecule has 0 aliphatic heterocycles. The molecular formula is C29H18N4S2. The van der Waals surface area contributed by atoms with E-state index in [0.29, 0.717) is 4.66 Å². The Kier molecular flexibility index (Phi) is 6.50. The van der Waals surface area contributed by atoms with Crippen LogP contribution in [0.5, 0.6) is 0 Å². The van der Waals surface area contributed by atoms with Crippen LogP contribution in [0.4, 0.5) is 16.4 Å². The molecule has 6 heteroatoms. The Morgan fingerprint density at radius 2 is 1.29 bits per heavy atom. The van der Waals surface area contributed by atoms with Crippen molar-refractivity contribution in [1.82, 2.24) is 4.98 Å². The van der Waals surface area contributed by atoms with Gasteiger partial charge in [-0.3, -0.25) is 0 Å². The summed E-state index contributed by atoms with van der Waals surface area (Å²) in [7, 11) is 0. The maximum Gasteiger partial charge on any atom is 0.165 e. The third kappa shape index (κ3) is 4.76. The second kappa shape index (κ2) is 10.2. The summed E-state index contributed by atoms with van der Waals surface area (Å²) < 4.78 is 1.35. The monoisotopic (exact) mass is 486 g/mol. The van der Waals surface area contributed by atoms with Gasteiger partial charge in [-0.1, -0.05) is 66.7 Å². The molecule has 0 radical (unpaired) electrons. The van der Waals surface area contributed by atoms with Gasteiger partial charge in [-0.15, -0.1) is 22.7 Å². The van der Waals surface area contributed by atoms with E-state index in [1.54, 1.807) is 11.3 Å². The molecule has 0 amide bonds. The number of nitrogens with zero attached hydrogens (tertiary/aromatic N) is 4. The molecule has 0 unspecified atom stereocenters. The lowest BCUT2D eigenvalue weighted by Gasteiger charge is -2.23. The van der Waals surface area contributed by atoms with Gasteiger partial charge in [0, 0.05) is 21.8 Å². The van der Waals surface area contributed by atoms with Crippen molar-refractivity contribution in [2.24, 2.45) is 0 Å². The Morgan fingerprint density at radius 1 is 0.714 bits per heavy atom. The molecule has 2 heterocycles. The van der Waals surface area contributed by atoms with Crippen LogP contribution in [-0.4, -0.2) is 4.98 Å². The molecule has 2 aromatic heterocycles. The average molecular weight is 487 g/mol. The first-order valence-electron chi connectivity index (χ1n) is 10.9. The average Bonchev–Trinajstić information content (AvgIpc) is 3.54. The third-order valence-electron chi connectivity index (χ3n) is 5.27. The Hall–Kier alpha value is -4.49. The molecule has 0 saturated carbocycles. The van der Waals surface area contributed by atoms with Crippen LogP contribution in [-0.2, 0) is 0 Å². The van der Waals surface area contributed by atoms with Crippen molar-refractivity contribution >= 4 is 50.7 Å². The zero-order valence-electron chi connectivity index (χ0n) is 18.5. The van der Waals surface area contributed by atoms with Crippen LogP contribution in [0.1, 0.15) is 4.88 Å². The number of thiazole rings is 1. The fourth-order valence-electron chi connectivity index (χ4n) is 3.69. The van der Waals surface area contributed by atoms with Gasteiger partial charge in [-0.2, -0.15) is 10.5 Å². The van der Waals surface area contributed by atoms with Crippen molar-refractivity contribution in [3.8, 4) is 23.4 Å². The predicted molar refractivity (Wildman–Crippen MR) is 144 cm³/mol. The van der Waals surface area contributed by atoms with Gasteiger partial charge in [0.25, 0.3) is 0 Å². The van der Waals surface area contributed by atoms with Crippen LogP contribution in [0.3, 0.4) is 0 Å². The molecule has 0 fully saturated rings. The number of hydrogen-bond donors (Lipinski definition) is 0. The van der Waals surface area contributed by atoms with Gasteiger partial charge in [0.15, 0.2) is 5.57 Å². The van der Waals surface area contributed by atoms with Crippen LogP contribution >= 0.6 is 22.7 Å². The van der Waals surface area contributed by atoms with E-state index in [2.05, 4.69) is 52.4 Å². The van der Waals surface area contributed by atoms with Crippen LogP contribution < -0.4 is 14.1 Å². The first-order valence-corrected chi connectivity index (χ1v) is 12.5. The highest BCUT2D eigenvalue weighted by Crippen LogP contribution is 2.38. The van der Waals surface area contributed by atoms with Crippen molar-refractivity contribution in [3.63, 3.8) is 0 Å². The summed E-state index contributed by atoms with van der Waals surface area (Å²) in [5.41, 5.74) is 3.91. The minimum atomic E-state index is 0.0260. The lowest BCUT2D eigenvalue weighted by molar-refractivity contribution is 1.32. The lowest BCUT2D eigenvalue weighted by atomic mass is 10.1. The maximum absolute atomic E-state index is 9.36. The lowest BCUT2D eigenvalue weighted by Crippen LogP contribution is -2.07. The highest BCUT2D eigenvalue weighted by molar-refractivity contribution is 7.17. The van der Waals surface area contributed by atoms with Crippen LogP contribution in [0.25, 0.3) is 22.9 Å². The number of anilines is 3. The van der Waals surface area contributed by atoms with E-state index in [-0.39, 0.29) is 5.57 Å². The smallest absolute Gasteiger partial charge is 0.165 e. The molecule has 0 N–H and O–H groups in total. The molecule has 0 aliphatic rings. The fourth-order valence-corrected chi connectivity index (χ4v) is 5.74. The van der Waals surface area contributed by atoms with Gasteiger partial charge < -0.3 is 4.90 Å². The molecule has 5 rings (SSSR count). The van der Waals surface area contributed by atoms with E-state index in [1.165, 1.54) is 11.3 Å². The molecule has 0 spiro atoms. The first-order chi connectivity index (χ1) is 17.3. The second-order valence-electron chi connectivity index (χ2n) is 7.52. The minimum absolute atomic E-state index is 0.0260. The van der Waals surface area contributed by atoms with E-state index in [4.69, 9.17) is 0 Å². The highest BCUT2D eigenvalue weighted by atomic mass is 32.1.